The van der Waals surface area contributed by atoms with E-state index in [1.165, 1.54) is 19.3 Å². The van der Waals surface area contributed by atoms with E-state index in [9.17, 15) is 0 Å². The number of hydrogen-bond donors (Lipinski definition) is 0. The van der Waals surface area contributed by atoms with E-state index in [1.807, 2.05) is 0 Å². The van der Waals surface area contributed by atoms with Gasteiger partial charge in [-0.05, 0) is 35.0 Å². The minimum absolute atomic E-state index is 0. The highest BCUT2D eigenvalue weighted by Crippen LogP contribution is 2.23. The largest absolute Gasteiger partial charge is 0.0776 e. The maximum Gasteiger partial charge on any atom is -0.0380 e. The van der Waals surface area contributed by atoms with Crippen molar-refractivity contribution in [1.29, 1.82) is 0 Å². The van der Waals surface area contributed by atoms with Crippen LogP contribution in [0.2, 0.25) is 0 Å². The van der Waals surface area contributed by atoms with Crippen molar-refractivity contribution in [2.75, 3.05) is 0 Å². The number of hydrogen-bond acceptors (Lipinski definition) is 0. The van der Waals surface area contributed by atoms with Crippen molar-refractivity contribution in [3.63, 3.8) is 0 Å². The molecule has 0 N–H and O–H groups in total. The second kappa shape index (κ2) is 12.5. The zero-order chi connectivity index (χ0) is 17.2. The Labute approximate surface area is 139 Å². The first-order valence-corrected chi connectivity index (χ1v) is 8.48. The van der Waals surface area contributed by atoms with Gasteiger partial charge in [-0.2, -0.15) is 0 Å². The van der Waals surface area contributed by atoms with Crippen LogP contribution in [0.15, 0.2) is 0 Å². The van der Waals surface area contributed by atoms with Crippen LogP contribution < -0.4 is 0 Å². The summed E-state index contributed by atoms with van der Waals surface area (Å²) in [5.41, 5.74) is 1.57. The molecule has 0 saturated heterocycles. The Kier molecular flexibility index (Phi) is 17.3. The van der Waals surface area contributed by atoms with Gasteiger partial charge in [0.05, 0.1) is 0 Å². The zero-order valence-electron chi connectivity index (χ0n) is 17.2. The summed E-state index contributed by atoms with van der Waals surface area (Å²) in [7, 11) is 0. The summed E-state index contributed by atoms with van der Waals surface area (Å²) in [5, 5.41) is 0. The molecule has 0 aliphatic rings. The Bertz CT molecular complexity index is 184. The van der Waals surface area contributed by atoms with Crippen molar-refractivity contribution in [1.82, 2.24) is 0 Å². The molecule has 0 fully saturated rings. The Morgan fingerprint density at radius 1 is 0.667 bits per heavy atom. The first-order chi connectivity index (χ1) is 8.48. The predicted molar refractivity (Wildman–Crippen MR) is 105 cm³/mol. The van der Waals surface area contributed by atoms with Gasteiger partial charge in [-0.1, -0.05) is 104 Å². The molecule has 0 bridgehead atoms. The molecule has 21 heavy (non-hydrogen) atoms. The molecule has 0 heteroatoms. The highest BCUT2D eigenvalue weighted by Gasteiger charge is 2.11. The Morgan fingerprint density at radius 2 is 0.952 bits per heavy atom. The van der Waals surface area contributed by atoms with Gasteiger partial charge in [0.2, 0.25) is 0 Å². The van der Waals surface area contributed by atoms with Crippen molar-refractivity contribution < 1.29 is 0 Å². The molecule has 134 valence electrons. The van der Waals surface area contributed by atoms with Gasteiger partial charge < -0.3 is 0 Å². The quantitative estimate of drug-likeness (QED) is 0.479. The van der Waals surface area contributed by atoms with Gasteiger partial charge in [0, 0.05) is 0 Å². The second-order valence-corrected chi connectivity index (χ2v) is 10.5. The van der Waals surface area contributed by atoms with Crippen LogP contribution >= 0.6 is 0 Å². The first kappa shape index (κ1) is 29.1. The van der Waals surface area contributed by atoms with Crippen LogP contribution in [0.4, 0.5) is 0 Å². The Morgan fingerprint density at radius 3 is 0.952 bits per heavy atom. The lowest BCUT2D eigenvalue weighted by molar-refractivity contribution is 0.320. The molecule has 0 nitrogen and oxygen atoms in total. The zero-order valence-corrected chi connectivity index (χ0v) is 17.2. The third-order valence-corrected chi connectivity index (χ3v) is 2.02. The molecule has 0 aromatic carbocycles. The van der Waals surface area contributed by atoms with Gasteiger partial charge in [0.1, 0.15) is 0 Å². The number of rotatable bonds is 2. The molecule has 0 heterocycles. The summed E-state index contributed by atoms with van der Waals surface area (Å²) >= 11 is 0. The molecule has 0 rings (SSSR count). The van der Waals surface area contributed by atoms with Crippen LogP contribution in [0.5, 0.6) is 0 Å². The molecule has 0 amide bonds. The fraction of sp³-hybridized carbons (Fsp3) is 1.00. The van der Waals surface area contributed by atoms with E-state index in [0.717, 1.165) is 5.92 Å². The molecule has 0 spiro atoms. The van der Waals surface area contributed by atoms with Gasteiger partial charge in [-0.25, -0.2) is 0 Å². The van der Waals surface area contributed by atoms with Crippen LogP contribution in [0.1, 0.15) is 117 Å². The Hall–Kier alpha value is 0. The lowest BCUT2D eigenvalue weighted by atomic mass is 9.86. The van der Waals surface area contributed by atoms with E-state index in [2.05, 4.69) is 90.0 Å². The van der Waals surface area contributed by atoms with Gasteiger partial charge in [-0.3, -0.25) is 0 Å². The van der Waals surface area contributed by atoms with Crippen LogP contribution in [0.3, 0.4) is 0 Å². The summed E-state index contributed by atoms with van der Waals surface area (Å²) in [6.07, 6.45) is 3.98. The predicted octanol–water partition coefficient (Wildman–Crippen LogP) is 8.60. The van der Waals surface area contributed by atoms with Crippen molar-refractivity contribution >= 4 is 0 Å². The maximum absolute atomic E-state index is 2.28. The molecule has 0 aliphatic carbocycles. The summed E-state index contributed by atoms with van der Waals surface area (Å²) in [6, 6.07) is 0. The van der Waals surface area contributed by atoms with Crippen LogP contribution in [-0.4, -0.2) is 0 Å². The van der Waals surface area contributed by atoms with E-state index in [-0.39, 0.29) is 7.43 Å². The van der Waals surface area contributed by atoms with Gasteiger partial charge >= 0.3 is 0 Å². The lowest BCUT2D eigenvalue weighted by Gasteiger charge is -2.19. The molecule has 0 aromatic heterocycles. The Balaban J connectivity index is -0.000000103. The normalized spacial score (nSPS) is 11.7. The van der Waals surface area contributed by atoms with E-state index in [4.69, 9.17) is 0 Å². The highest BCUT2D eigenvalue weighted by atomic mass is 14.2. The molecule has 0 aliphatic heterocycles. The van der Waals surface area contributed by atoms with E-state index >= 15 is 0 Å². The molecular weight excluding hydrogens is 252 g/mol. The molecule has 0 unspecified atom stereocenters. The lowest BCUT2D eigenvalue weighted by Crippen LogP contribution is -2.08. The minimum atomic E-state index is 0. The molecular formula is C21H50. The fourth-order valence-electron chi connectivity index (χ4n) is 1.97. The summed E-state index contributed by atoms with van der Waals surface area (Å²) in [4.78, 5) is 0. The van der Waals surface area contributed by atoms with Crippen molar-refractivity contribution in [2.45, 2.75) is 117 Å². The monoisotopic (exact) mass is 302 g/mol. The van der Waals surface area contributed by atoms with E-state index in [0.29, 0.717) is 16.2 Å². The molecule has 0 saturated carbocycles. The van der Waals surface area contributed by atoms with Crippen molar-refractivity contribution in [3.8, 4) is 0 Å². The van der Waals surface area contributed by atoms with E-state index < -0.39 is 0 Å². The van der Waals surface area contributed by atoms with Gasteiger partial charge in [0.15, 0.2) is 0 Å². The maximum atomic E-state index is 2.28. The van der Waals surface area contributed by atoms with Gasteiger partial charge in [-0.15, -0.1) is 0 Å². The summed E-state index contributed by atoms with van der Waals surface area (Å²) in [6.45, 7) is 29.2. The van der Waals surface area contributed by atoms with Crippen LogP contribution in [0, 0.1) is 22.2 Å². The van der Waals surface area contributed by atoms with Crippen molar-refractivity contribution in [3.05, 3.63) is 0 Å². The van der Waals surface area contributed by atoms with Crippen molar-refractivity contribution in [2.24, 2.45) is 22.2 Å². The third kappa shape index (κ3) is 80.0. The first-order valence-electron chi connectivity index (χ1n) is 8.48. The third-order valence-electron chi connectivity index (χ3n) is 2.02. The summed E-state index contributed by atoms with van der Waals surface area (Å²) < 4.78 is 0. The molecule has 0 radical (unpaired) electrons. The summed E-state index contributed by atoms with van der Waals surface area (Å²) in [5.74, 6) is 0.843. The highest BCUT2D eigenvalue weighted by molar-refractivity contribution is 4.62. The van der Waals surface area contributed by atoms with Crippen LogP contribution in [0.25, 0.3) is 0 Å². The van der Waals surface area contributed by atoms with Crippen LogP contribution in [-0.2, 0) is 0 Å². The topological polar surface area (TPSA) is 0 Å². The second-order valence-electron chi connectivity index (χ2n) is 10.5. The minimum Gasteiger partial charge on any atom is -0.0776 e. The molecule has 0 atom stereocenters. The molecule has 0 aromatic rings. The average Bonchev–Trinajstić information content (AvgIpc) is 1.91. The smallest absolute Gasteiger partial charge is 0.0380 e. The standard InChI is InChI=1S/C8H18.C7H16.C5H12.CH4/c1-7(2)6-8(3,4)5;1-5-6-7(2,3)4;1-5(2,3)4;/h7H,6H2,1-5H3;5-6H2,1-4H3;1-4H3;1H4. The van der Waals surface area contributed by atoms with E-state index in [1.54, 1.807) is 0 Å². The van der Waals surface area contributed by atoms with Gasteiger partial charge in [0.25, 0.3) is 0 Å². The fourth-order valence-corrected chi connectivity index (χ4v) is 1.97. The average molecular weight is 303 g/mol. The SMILES string of the molecule is C.CC(C)(C)C.CC(C)CC(C)(C)C.CCCC(C)(C)C.